The summed E-state index contributed by atoms with van der Waals surface area (Å²) in [5.41, 5.74) is 0.826. The summed E-state index contributed by atoms with van der Waals surface area (Å²) in [6.45, 7) is 6.30. The van der Waals surface area contributed by atoms with Crippen LogP contribution in [-0.2, 0) is 10.0 Å². The molecule has 0 N–H and O–H groups in total. The van der Waals surface area contributed by atoms with Gasteiger partial charge in [-0.1, -0.05) is 6.92 Å². The second-order valence-corrected chi connectivity index (χ2v) is 7.04. The van der Waals surface area contributed by atoms with Crippen molar-refractivity contribution < 1.29 is 13.2 Å². The van der Waals surface area contributed by atoms with E-state index in [0.717, 1.165) is 12.8 Å². The molecule has 0 bridgehead atoms. The molecule has 0 aromatic carbocycles. The maximum Gasteiger partial charge on any atom is 0.247 e. The third kappa shape index (κ3) is 2.52. The average Bonchev–Trinajstić information content (AvgIpc) is 2.98. The molecule has 0 aliphatic carbocycles. The van der Waals surface area contributed by atoms with E-state index in [0.29, 0.717) is 37.3 Å². The summed E-state index contributed by atoms with van der Waals surface area (Å²) in [6.07, 6.45) is 2.86. The first-order valence-corrected chi connectivity index (χ1v) is 8.43. The Balaban J connectivity index is 2.45. The monoisotopic (exact) mass is 299 g/mol. The highest BCUT2D eigenvalue weighted by Crippen LogP contribution is 2.26. The van der Waals surface area contributed by atoms with Crippen LogP contribution in [-0.4, -0.2) is 41.5 Å². The number of aryl methyl sites for hydroxylation is 1. The summed E-state index contributed by atoms with van der Waals surface area (Å²) in [5.74, 6) is -0.157. The Hall–Kier alpha value is -1.21. The predicted molar refractivity (Wildman–Crippen MR) is 75.2 cm³/mol. The van der Waals surface area contributed by atoms with Crippen molar-refractivity contribution in [1.82, 2.24) is 14.1 Å². The smallest absolute Gasteiger partial charge is 0.247 e. The lowest BCUT2D eigenvalue weighted by Gasteiger charge is -2.15. The standard InChI is InChI=1S/C13H21N3O3S/c1-4-7-12(17)16-11(3)13(10(2)14-16)20(18,19)15-8-5-6-9-15/h4-9H2,1-3H3. The van der Waals surface area contributed by atoms with Crippen LogP contribution in [0.2, 0.25) is 0 Å². The summed E-state index contributed by atoms with van der Waals surface area (Å²) in [7, 11) is -3.53. The van der Waals surface area contributed by atoms with E-state index in [2.05, 4.69) is 5.10 Å². The molecule has 1 aromatic rings. The van der Waals surface area contributed by atoms with Crippen molar-refractivity contribution in [2.75, 3.05) is 13.1 Å². The fourth-order valence-corrected chi connectivity index (χ4v) is 4.49. The van der Waals surface area contributed by atoms with Gasteiger partial charge in [0.2, 0.25) is 15.9 Å². The van der Waals surface area contributed by atoms with Crippen molar-refractivity contribution >= 4 is 15.9 Å². The Morgan fingerprint density at radius 1 is 1.25 bits per heavy atom. The van der Waals surface area contributed by atoms with Crippen LogP contribution in [0.5, 0.6) is 0 Å². The molecule has 6 nitrogen and oxygen atoms in total. The van der Waals surface area contributed by atoms with Crippen LogP contribution < -0.4 is 0 Å². The molecule has 112 valence electrons. The Kier molecular flexibility index (Phi) is 4.29. The van der Waals surface area contributed by atoms with Gasteiger partial charge in [-0.05, 0) is 33.1 Å². The molecule has 0 saturated carbocycles. The highest BCUT2D eigenvalue weighted by Gasteiger charge is 2.33. The third-order valence-electron chi connectivity index (χ3n) is 3.59. The average molecular weight is 299 g/mol. The van der Waals surface area contributed by atoms with Gasteiger partial charge in [-0.25, -0.2) is 13.1 Å². The molecule has 1 fully saturated rings. The van der Waals surface area contributed by atoms with Crippen molar-refractivity contribution in [1.29, 1.82) is 0 Å². The van der Waals surface area contributed by atoms with E-state index in [1.807, 2.05) is 6.92 Å². The molecule has 2 rings (SSSR count). The number of rotatable bonds is 4. The number of hydrogen-bond acceptors (Lipinski definition) is 4. The van der Waals surface area contributed by atoms with E-state index < -0.39 is 10.0 Å². The minimum absolute atomic E-state index is 0.157. The maximum absolute atomic E-state index is 12.6. The van der Waals surface area contributed by atoms with Crippen molar-refractivity contribution in [3.8, 4) is 0 Å². The van der Waals surface area contributed by atoms with Crippen LogP contribution in [0.15, 0.2) is 4.90 Å². The van der Waals surface area contributed by atoms with E-state index in [9.17, 15) is 13.2 Å². The SMILES string of the molecule is CCCC(=O)n1nc(C)c(S(=O)(=O)N2CCCC2)c1C. The Bertz CT molecular complexity index is 613. The van der Waals surface area contributed by atoms with E-state index >= 15 is 0 Å². The van der Waals surface area contributed by atoms with Crippen LogP contribution in [0.25, 0.3) is 0 Å². The molecule has 0 spiro atoms. The maximum atomic E-state index is 12.6. The molecule has 0 atom stereocenters. The van der Waals surface area contributed by atoms with E-state index in [4.69, 9.17) is 0 Å². The summed E-state index contributed by atoms with van der Waals surface area (Å²) in [6, 6.07) is 0. The van der Waals surface area contributed by atoms with Crippen LogP contribution in [0.1, 0.15) is 48.8 Å². The summed E-state index contributed by atoms with van der Waals surface area (Å²) in [5, 5.41) is 4.13. The lowest BCUT2D eigenvalue weighted by molar-refractivity contribution is 0.0882. The van der Waals surface area contributed by atoms with Gasteiger partial charge in [-0.15, -0.1) is 0 Å². The second-order valence-electron chi connectivity index (χ2n) is 5.17. The van der Waals surface area contributed by atoms with Gasteiger partial charge in [0.1, 0.15) is 4.90 Å². The third-order valence-corrected chi connectivity index (χ3v) is 5.74. The normalized spacial score (nSPS) is 16.8. The van der Waals surface area contributed by atoms with Crippen LogP contribution in [0.4, 0.5) is 0 Å². The number of carbonyl (C=O) groups is 1. The predicted octanol–water partition coefficient (Wildman–Crippen LogP) is 1.72. The van der Waals surface area contributed by atoms with Crippen LogP contribution in [0.3, 0.4) is 0 Å². The number of hydrogen-bond donors (Lipinski definition) is 0. The summed E-state index contributed by atoms with van der Waals surface area (Å²) in [4.78, 5) is 12.2. The van der Waals surface area contributed by atoms with E-state index in [1.165, 1.54) is 8.99 Å². The van der Waals surface area contributed by atoms with Gasteiger partial charge < -0.3 is 0 Å². The number of nitrogens with zero attached hydrogens (tertiary/aromatic N) is 3. The number of aromatic nitrogens is 2. The molecule has 1 aliphatic rings. The number of carbonyl (C=O) groups excluding carboxylic acids is 1. The number of sulfonamides is 1. The first kappa shape index (κ1) is 15.2. The van der Waals surface area contributed by atoms with Gasteiger partial charge in [0, 0.05) is 19.5 Å². The van der Waals surface area contributed by atoms with Gasteiger partial charge in [0.15, 0.2) is 0 Å². The van der Waals surface area contributed by atoms with Gasteiger partial charge in [-0.3, -0.25) is 4.79 Å². The summed E-state index contributed by atoms with van der Waals surface area (Å²) >= 11 is 0. The van der Waals surface area contributed by atoms with Crippen LogP contribution in [0, 0.1) is 13.8 Å². The molecule has 20 heavy (non-hydrogen) atoms. The van der Waals surface area contributed by atoms with E-state index in [1.54, 1.807) is 13.8 Å². The Morgan fingerprint density at radius 2 is 1.85 bits per heavy atom. The molecule has 0 unspecified atom stereocenters. The molecule has 1 aliphatic heterocycles. The largest absolute Gasteiger partial charge is 0.273 e. The van der Waals surface area contributed by atoms with Gasteiger partial charge in [0.05, 0.1) is 11.4 Å². The summed E-state index contributed by atoms with van der Waals surface area (Å²) < 4.78 is 28.0. The van der Waals surface area contributed by atoms with Crippen molar-refractivity contribution in [3.05, 3.63) is 11.4 Å². The van der Waals surface area contributed by atoms with Gasteiger partial charge in [0.25, 0.3) is 0 Å². The fraction of sp³-hybridized carbons (Fsp3) is 0.692. The van der Waals surface area contributed by atoms with Crippen molar-refractivity contribution in [3.63, 3.8) is 0 Å². The zero-order chi connectivity index (χ0) is 14.9. The fourth-order valence-electron chi connectivity index (χ4n) is 2.62. The molecule has 2 heterocycles. The lowest BCUT2D eigenvalue weighted by Crippen LogP contribution is -2.28. The lowest BCUT2D eigenvalue weighted by atomic mass is 10.3. The first-order valence-electron chi connectivity index (χ1n) is 6.99. The highest BCUT2D eigenvalue weighted by atomic mass is 32.2. The quantitative estimate of drug-likeness (QED) is 0.848. The second kappa shape index (κ2) is 5.65. The highest BCUT2D eigenvalue weighted by molar-refractivity contribution is 7.89. The molecular weight excluding hydrogens is 278 g/mol. The zero-order valence-corrected chi connectivity index (χ0v) is 13.0. The molecule has 0 radical (unpaired) electrons. The first-order chi connectivity index (χ1) is 9.39. The molecular formula is C13H21N3O3S. The molecule has 7 heteroatoms. The van der Waals surface area contributed by atoms with Gasteiger partial charge in [-0.2, -0.15) is 9.40 Å². The molecule has 1 saturated heterocycles. The van der Waals surface area contributed by atoms with Crippen LogP contribution >= 0.6 is 0 Å². The zero-order valence-electron chi connectivity index (χ0n) is 12.2. The Labute approximate surface area is 119 Å². The topological polar surface area (TPSA) is 72.3 Å². The molecule has 0 amide bonds. The van der Waals surface area contributed by atoms with Crippen molar-refractivity contribution in [2.24, 2.45) is 0 Å². The minimum Gasteiger partial charge on any atom is -0.273 e. The van der Waals surface area contributed by atoms with Gasteiger partial charge >= 0.3 is 0 Å². The Morgan fingerprint density at radius 3 is 2.40 bits per heavy atom. The van der Waals surface area contributed by atoms with Crippen molar-refractivity contribution in [2.45, 2.75) is 51.3 Å². The van der Waals surface area contributed by atoms with E-state index in [-0.39, 0.29) is 10.8 Å². The molecule has 1 aromatic heterocycles. The minimum atomic E-state index is -3.53.